The van der Waals surface area contributed by atoms with Crippen LogP contribution in [0.5, 0.6) is 5.75 Å². The summed E-state index contributed by atoms with van der Waals surface area (Å²) in [5.41, 5.74) is 0.803. The van der Waals surface area contributed by atoms with Crippen molar-refractivity contribution in [3.8, 4) is 5.75 Å². The minimum atomic E-state index is -0.536. The normalized spacial score (nSPS) is 18.6. The van der Waals surface area contributed by atoms with E-state index in [4.69, 9.17) is 16.3 Å². The highest BCUT2D eigenvalue weighted by Gasteiger charge is 2.18. The number of benzene rings is 1. The van der Waals surface area contributed by atoms with Crippen LogP contribution in [0.15, 0.2) is 17.1 Å². The summed E-state index contributed by atoms with van der Waals surface area (Å²) in [5.74, 6) is -0.244. The van der Waals surface area contributed by atoms with Crippen LogP contribution >= 0.6 is 11.6 Å². The van der Waals surface area contributed by atoms with Gasteiger partial charge in [0.1, 0.15) is 0 Å². The molecule has 2 rings (SSSR count). The highest BCUT2D eigenvalue weighted by molar-refractivity contribution is 6.22. The van der Waals surface area contributed by atoms with E-state index < -0.39 is 11.3 Å². The monoisotopic (exact) mass is 214 g/mol. The number of hydrogen-bond acceptors (Lipinski definition) is 3. The molecule has 1 N–H and O–H groups in total. The molecule has 1 aromatic rings. The summed E-state index contributed by atoms with van der Waals surface area (Å²) in [6.45, 7) is 0. The molecule has 1 aromatic carbocycles. The first kappa shape index (κ1) is 9.27. The zero-order valence-corrected chi connectivity index (χ0v) is 8.18. The highest BCUT2D eigenvalue weighted by atomic mass is 35.5. The molecule has 14 heavy (non-hydrogen) atoms. The van der Waals surface area contributed by atoms with Gasteiger partial charge in [-0.05, 0) is 6.07 Å². The Morgan fingerprint density at radius 2 is 2.36 bits per heavy atom. The molecule has 0 saturated carbocycles. The maximum absolute atomic E-state index is 13.3. The maximum Gasteiger partial charge on any atom is 0.165 e. The fourth-order valence-electron chi connectivity index (χ4n) is 1.30. The fraction of sp³-hybridized carbons (Fsp3) is 0.222. The minimum Gasteiger partial charge on any atom is -0.494 e. The van der Waals surface area contributed by atoms with Gasteiger partial charge in [0.25, 0.3) is 0 Å². The van der Waals surface area contributed by atoms with E-state index in [-0.39, 0.29) is 5.75 Å². The van der Waals surface area contributed by atoms with Crippen LogP contribution in [0.3, 0.4) is 0 Å². The number of nitrogens with zero attached hydrogens (tertiary/aromatic N) is 1. The molecule has 0 radical (unpaired) electrons. The molecule has 5 heteroatoms. The van der Waals surface area contributed by atoms with Gasteiger partial charge >= 0.3 is 0 Å². The van der Waals surface area contributed by atoms with Crippen LogP contribution in [0.4, 0.5) is 10.1 Å². The number of halogens is 2. The van der Waals surface area contributed by atoms with E-state index in [1.165, 1.54) is 19.5 Å². The van der Waals surface area contributed by atoms with Crippen molar-refractivity contribution < 1.29 is 9.13 Å². The van der Waals surface area contributed by atoms with E-state index in [9.17, 15) is 4.39 Å². The van der Waals surface area contributed by atoms with Crippen LogP contribution in [-0.2, 0) is 0 Å². The van der Waals surface area contributed by atoms with Crippen LogP contribution in [0.1, 0.15) is 11.1 Å². The fourth-order valence-corrected chi connectivity index (χ4v) is 1.54. The van der Waals surface area contributed by atoms with Crippen LogP contribution in [0.2, 0.25) is 0 Å². The smallest absolute Gasteiger partial charge is 0.165 e. The quantitative estimate of drug-likeness (QED) is 0.576. The van der Waals surface area contributed by atoms with Gasteiger partial charge in [-0.25, -0.2) is 4.39 Å². The number of rotatable bonds is 1. The molecule has 1 aliphatic heterocycles. The summed E-state index contributed by atoms with van der Waals surface area (Å²) in [6, 6.07) is 2.89. The van der Waals surface area contributed by atoms with Gasteiger partial charge in [0.15, 0.2) is 17.1 Å². The molecule has 0 spiro atoms. The number of ether oxygens (including phenoxy) is 1. The van der Waals surface area contributed by atoms with Gasteiger partial charge in [0.2, 0.25) is 0 Å². The third-order valence-corrected chi connectivity index (χ3v) is 2.35. The van der Waals surface area contributed by atoms with E-state index >= 15 is 0 Å². The molecule has 1 atom stereocenters. The lowest BCUT2D eigenvalue weighted by molar-refractivity contribution is 0.386. The Bertz CT molecular complexity index is 395. The van der Waals surface area contributed by atoms with E-state index in [2.05, 4.69) is 10.3 Å². The molecule has 1 heterocycles. The molecule has 0 fully saturated rings. The predicted octanol–water partition coefficient (Wildman–Crippen LogP) is 2.53. The van der Waals surface area contributed by atoms with E-state index in [0.29, 0.717) is 5.56 Å². The molecule has 0 amide bonds. The third-order valence-electron chi connectivity index (χ3n) is 2.01. The standard InChI is InChI=1S/C9H8ClFN2O/c1-14-8-3-7-5(2-6(8)11)9(10)13-4-12-7/h2-4,9H,1H3,(H,12,13). The lowest BCUT2D eigenvalue weighted by atomic mass is 10.1. The highest BCUT2D eigenvalue weighted by Crippen LogP contribution is 2.35. The number of anilines is 1. The van der Waals surface area contributed by atoms with Crippen molar-refractivity contribution in [2.45, 2.75) is 5.50 Å². The minimum absolute atomic E-state index is 0.190. The number of aliphatic imine (C=N–C) groups is 1. The second-order valence-corrected chi connectivity index (χ2v) is 3.25. The molecule has 0 aliphatic carbocycles. The van der Waals surface area contributed by atoms with Gasteiger partial charge in [-0.3, -0.25) is 4.99 Å². The summed E-state index contributed by atoms with van der Waals surface area (Å²) in [4.78, 5) is 3.89. The molecular weight excluding hydrogens is 207 g/mol. The van der Waals surface area contributed by atoms with Gasteiger partial charge in [-0.1, -0.05) is 11.6 Å². The second-order valence-electron chi connectivity index (χ2n) is 2.83. The lowest BCUT2D eigenvalue weighted by Gasteiger charge is -2.17. The Labute approximate surface area is 85.5 Å². The summed E-state index contributed by atoms with van der Waals surface area (Å²) in [5, 5.41) is 2.87. The first-order valence-electron chi connectivity index (χ1n) is 4.02. The zero-order chi connectivity index (χ0) is 10.1. The van der Waals surface area contributed by atoms with Crippen molar-refractivity contribution in [2.75, 3.05) is 12.4 Å². The van der Waals surface area contributed by atoms with Crippen molar-refractivity contribution in [2.24, 2.45) is 4.99 Å². The zero-order valence-electron chi connectivity index (χ0n) is 7.42. The van der Waals surface area contributed by atoms with E-state index in [1.807, 2.05) is 0 Å². The number of methoxy groups -OCH3 is 1. The first-order valence-corrected chi connectivity index (χ1v) is 4.45. The first-order chi connectivity index (χ1) is 6.72. The summed E-state index contributed by atoms with van der Waals surface area (Å²) in [7, 11) is 1.42. The van der Waals surface area contributed by atoms with Crippen molar-refractivity contribution >= 4 is 23.6 Å². The summed E-state index contributed by atoms with van der Waals surface area (Å²) in [6.07, 6.45) is 1.48. The SMILES string of the molecule is COc1cc2c(cc1F)C(Cl)N=CN2. The van der Waals surface area contributed by atoms with Crippen LogP contribution in [-0.4, -0.2) is 13.4 Å². The van der Waals surface area contributed by atoms with Crippen molar-refractivity contribution in [1.82, 2.24) is 0 Å². The van der Waals surface area contributed by atoms with Gasteiger partial charge in [-0.15, -0.1) is 0 Å². The molecule has 3 nitrogen and oxygen atoms in total. The topological polar surface area (TPSA) is 33.6 Å². The number of alkyl halides is 1. The number of hydrogen-bond donors (Lipinski definition) is 1. The van der Waals surface area contributed by atoms with E-state index in [1.54, 1.807) is 6.07 Å². The predicted molar refractivity (Wildman–Crippen MR) is 53.7 cm³/mol. The van der Waals surface area contributed by atoms with Crippen molar-refractivity contribution in [3.05, 3.63) is 23.5 Å². The average molecular weight is 215 g/mol. The Morgan fingerprint density at radius 1 is 1.57 bits per heavy atom. The molecule has 1 aliphatic rings. The van der Waals surface area contributed by atoms with Crippen LogP contribution in [0, 0.1) is 5.82 Å². The van der Waals surface area contributed by atoms with Gasteiger partial charge in [0, 0.05) is 17.3 Å². The molecule has 0 saturated heterocycles. The van der Waals surface area contributed by atoms with Crippen LogP contribution in [0.25, 0.3) is 0 Å². The Morgan fingerprint density at radius 3 is 3.07 bits per heavy atom. The lowest BCUT2D eigenvalue weighted by Crippen LogP contribution is -2.08. The third kappa shape index (κ3) is 1.42. The van der Waals surface area contributed by atoms with Gasteiger partial charge in [-0.2, -0.15) is 0 Å². The number of nitrogens with one attached hydrogen (secondary N) is 1. The Hall–Kier alpha value is -1.29. The number of fused-ring (bicyclic) bond motifs is 1. The van der Waals surface area contributed by atoms with Crippen molar-refractivity contribution in [3.63, 3.8) is 0 Å². The molecular formula is C9H8ClFN2O. The molecule has 1 unspecified atom stereocenters. The summed E-state index contributed by atoms with van der Waals surface area (Å²) < 4.78 is 18.1. The maximum atomic E-state index is 13.3. The van der Waals surface area contributed by atoms with Crippen LogP contribution < -0.4 is 10.1 Å². The Balaban J connectivity index is 2.52. The summed E-state index contributed by atoms with van der Waals surface area (Å²) >= 11 is 5.87. The Kier molecular flexibility index (Phi) is 2.29. The molecule has 74 valence electrons. The van der Waals surface area contributed by atoms with E-state index in [0.717, 1.165) is 5.69 Å². The van der Waals surface area contributed by atoms with Crippen molar-refractivity contribution in [1.29, 1.82) is 0 Å². The van der Waals surface area contributed by atoms with Gasteiger partial charge in [0.05, 0.1) is 13.4 Å². The second kappa shape index (κ2) is 3.46. The average Bonchev–Trinajstić information content (AvgIpc) is 2.19. The molecule has 0 aromatic heterocycles. The molecule has 0 bridgehead atoms. The largest absolute Gasteiger partial charge is 0.494 e. The van der Waals surface area contributed by atoms with Gasteiger partial charge < -0.3 is 10.1 Å².